The fourth-order valence-electron chi connectivity index (χ4n) is 2.41. The number of nitrogens with zero attached hydrogens (tertiary/aromatic N) is 3. The van der Waals surface area contributed by atoms with Crippen molar-refractivity contribution in [3.63, 3.8) is 0 Å². The molecule has 100 valence electrons. The number of hydrogen-bond donors (Lipinski definition) is 1. The van der Waals surface area contributed by atoms with Gasteiger partial charge in [-0.1, -0.05) is 26.2 Å². The molecule has 0 unspecified atom stereocenters. The second-order valence-electron chi connectivity index (χ2n) is 4.95. The molecule has 0 aromatic carbocycles. The Hall–Kier alpha value is -1.32. The third-order valence-corrected chi connectivity index (χ3v) is 3.42. The minimum atomic E-state index is 0.909. The van der Waals surface area contributed by atoms with Crippen molar-refractivity contribution in [3.8, 4) is 0 Å². The Bertz CT molecular complexity index is 370. The minimum absolute atomic E-state index is 0.909. The summed E-state index contributed by atoms with van der Waals surface area (Å²) in [6.07, 6.45) is 7.35. The van der Waals surface area contributed by atoms with Gasteiger partial charge in [0.05, 0.1) is 0 Å². The largest absolute Gasteiger partial charge is 0.373 e. The second-order valence-corrected chi connectivity index (χ2v) is 4.95. The minimum Gasteiger partial charge on any atom is -0.373 e. The van der Waals surface area contributed by atoms with E-state index in [0.29, 0.717) is 0 Å². The molecular formula is C14H24N4. The van der Waals surface area contributed by atoms with Gasteiger partial charge >= 0.3 is 0 Å². The second kappa shape index (κ2) is 6.57. The molecule has 4 nitrogen and oxygen atoms in total. The first-order valence-electron chi connectivity index (χ1n) is 7.14. The zero-order chi connectivity index (χ0) is 12.8. The standard InChI is InChI=1S/C14H24N4/c1-3-8-12-11-13(15-2)17-14(16-12)18-9-6-4-5-7-10-18/h11H,3-10H2,1-2H3,(H,15,16,17). The first kappa shape index (κ1) is 13.1. The lowest BCUT2D eigenvalue weighted by atomic mass is 10.2. The summed E-state index contributed by atoms with van der Waals surface area (Å²) in [6, 6.07) is 2.06. The van der Waals surface area contributed by atoms with Gasteiger partial charge in [-0.05, 0) is 19.3 Å². The molecule has 1 aliphatic heterocycles. The number of hydrogen-bond acceptors (Lipinski definition) is 4. The molecule has 0 amide bonds. The highest BCUT2D eigenvalue weighted by Crippen LogP contribution is 2.18. The van der Waals surface area contributed by atoms with Crippen LogP contribution in [0.2, 0.25) is 0 Å². The molecule has 0 radical (unpaired) electrons. The summed E-state index contributed by atoms with van der Waals surface area (Å²) in [4.78, 5) is 11.7. The number of anilines is 2. The molecule has 0 saturated carbocycles. The van der Waals surface area contributed by atoms with Crippen LogP contribution < -0.4 is 10.2 Å². The van der Waals surface area contributed by atoms with Crippen molar-refractivity contribution < 1.29 is 0 Å². The van der Waals surface area contributed by atoms with E-state index in [0.717, 1.165) is 43.4 Å². The van der Waals surface area contributed by atoms with Crippen molar-refractivity contribution in [3.05, 3.63) is 11.8 Å². The van der Waals surface area contributed by atoms with Gasteiger partial charge in [0.2, 0.25) is 5.95 Å². The SMILES string of the molecule is CCCc1cc(NC)nc(N2CCCCCC2)n1. The monoisotopic (exact) mass is 248 g/mol. The summed E-state index contributed by atoms with van der Waals surface area (Å²) in [6.45, 7) is 4.38. The van der Waals surface area contributed by atoms with Crippen molar-refractivity contribution >= 4 is 11.8 Å². The third-order valence-electron chi connectivity index (χ3n) is 3.42. The van der Waals surface area contributed by atoms with Crippen molar-refractivity contribution in [1.29, 1.82) is 0 Å². The van der Waals surface area contributed by atoms with Crippen molar-refractivity contribution in [2.45, 2.75) is 45.4 Å². The van der Waals surface area contributed by atoms with Gasteiger partial charge in [-0.15, -0.1) is 0 Å². The van der Waals surface area contributed by atoms with Crippen LogP contribution in [0, 0.1) is 0 Å². The van der Waals surface area contributed by atoms with E-state index >= 15 is 0 Å². The smallest absolute Gasteiger partial charge is 0.227 e. The maximum absolute atomic E-state index is 4.71. The molecule has 0 bridgehead atoms. The number of aryl methyl sites for hydroxylation is 1. The molecule has 2 heterocycles. The zero-order valence-electron chi connectivity index (χ0n) is 11.6. The lowest BCUT2D eigenvalue weighted by molar-refractivity contribution is 0.726. The number of rotatable bonds is 4. The van der Waals surface area contributed by atoms with E-state index < -0.39 is 0 Å². The highest BCUT2D eigenvalue weighted by atomic mass is 15.3. The highest BCUT2D eigenvalue weighted by Gasteiger charge is 2.14. The van der Waals surface area contributed by atoms with Crippen LogP contribution in [0.15, 0.2) is 6.07 Å². The molecule has 1 aromatic rings. The lowest BCUT2D eigenvalue weighted by Gasteiger charge is -2.21. The van der Waals surface area contributed by atoms with E-state index in [1.807, 2.05) is 7.05 Å². The van der Waals surface area contributed by atoms with Crippen LogP contribution in [-0.4, -0.2) is 30.1 Å². The van der Waals surface area contributed by atoms with Crippen LogP contribution in [0.1, 0.15) is 44.7 Å². The van der Waals surface area contributed by atoms with Gasteiger partial charge in [-0.2, -0.15) is 4.98 Å². The molecule has 1 N–H and O–H groups in total. The average Bonchev–Trinajstić information content (AvgIpc) is 2.67. The Kier molecular flexibility index (Phi) is 4.79. The third kappa shape index (κ3) is 3.34. The van der Waals surface area contributed by atoms with Crippen molar-refractivity contribution in [1.82, 2.24) is 9.97 Å². The van der Waals surface area contributed by atoms with Gasteiger partial charge in [-0.25, -0.2) is 4.98 Å². The quantitative estimate of drug-likeness (QED) is 0.889. The van der Waals surface area contributed by atoms with E-state index in [1.54, 1.807) is 0 Å². The van der Waals surface area contributed by atoms with Crippen LogP contribution in [0.4, 0.5) is 11.8 Å². The lowest BCUT2D eigenvalue weighted by Crippen LogP contribution is -2.26. The molecule has 4 heteroatoms. The summed E-state index contributed by atoms with van der Waals surface area (Å²) in [5.74, 6) is 1.85. The molecule has 0 atom stereocenters. The molecule has 1 saturated heterocycles. The molecule has 1 aromatic heterocycles. The van der Waals surface area contributed by atoms with Gasteiger partial charge in [-0.3, -0.25) is 0 Å². The van der Waals surface area contributed by atoms with Crippen LogP contribution >= 0.6 is 0 Å². The fraction of sp³-hybridized carbons (Fsp3) is 0.714. The van der Waals surface area contributed by atoms with Crippen LogP contribution in [-0.2, 0) is 6.42 Å². The maximum atomic E-state index is 4.71. The first-order valence-corrected chi connectivity index (χ1v) is 7.14. The normalized spacial score (nSPS) is 16.4. The van der Waals surface area contributed by atoms with Crippen molar-refractivity contribution in [2.24, 2.45) is 0 Å². The van der Waals surface area contributed by atoms with Gasteiger partial charge in [0.1, 0.15) is 5.82 Å². The van der Waals surface area contributed by atoms with E-state index in [4.69, 9.17) is 4.98 Å². The highest BCUT2D eigenvalue weighted by molar-refractivity contribution is 5.43. The topological polar surface area (TPSA) is 41.1 Å². The number of nitrogens with one attached hydrogen (secondary N) is 1. The van der Waals surface area contributed by atoms with Crippen LogP contribution in [0.3, 0.4) is 0 Å². The average molecular weight is 248 g/mol. The summed E-state index contributed by atoms with van der Waals surface area (Å²) in [7, 11) is 1.92. The summed E-state index contributed by atoms with van der Waals surface area (Å²) in [5, 5.41) is 3.14. The van der Waals surface area contributed by atoms with E-state index in [1.165, 1.54) is 25.7 Å². The van der Waals surface area contributed by atoms with Gasteiger partial charge in [0.25, 0.3) is 0 Å². The van der Waals surface area contributed by atoms with Crippen LogP contribution in [0.25, 0.3) is 0 Å². The summed E-state index contributed by atoms with van der Waals surface area (Å²) >= 11 is 0. The zero-order valence-corrected chi connectivity index (χ0v) is 11.6. The Morgan fingerprint density at radius 3 is 2.50 bits per heavy atom. The van der Waals surface area contributed by atoms with E-state index in [-0.39, 0.29) is 0 Å². The Balaban J connectivity index is 2.21. The Labute approximate surface area is 110 Å². The first-order chi connectivity index (χ1) is 8.83. The van der Waals surface area contributed by atoms with Gasteiger partial charge in [0.15, 0.2) is 0 Å². The molecular weight excluding hydrogens is 224 g/mol. The Morgan fingerprint density at radius 1 is 1.17 bits per heavy atom. The molecule has 18 heavy (non-hydrogen) atoms. The number of aromatic nitrogens is 2. The maximum Gasteiger partial charge on any atom is 0.227 e. The summed E-state index contributed by atoms with van der Waals surface area (Å²) in [5.41, 5.74) is 1.15. The molecule has 1 fully saturated rings. The molecule has 0 aliphatic carbocycles. The van der Waals surface area contributed by atoms with Crippen molar-refractivity contribution in [2.75, 3.05) is 30.4 Å². The Morgan fingerprint density at radius 2 is 1.89 bits per heavy atom. The molecule has 0 spiro atoms. The van der Waals surface area contributed by atoms with E-state index in [2.05, 4.69) is 28.2 Å². The van der Waals surface area contributed by atoms with Gasteiger partial charge in [0, 0.05) is 31.9 Å². The van der Waals surface area contributed by atoms with Gasteiger partial charge < -0.3 is 10.2 Å². The van der Waals surface area contributed by atoms with E-state index in [9.17, 15) is 0 Å². The predicted molar refractivity (Wildman–Crippen MR) is 76.3 cm³/mol. The summed E-state index contributed by atoms with van der Waals surface area (Å²) < 4.78 is 0. The molecule has 1 aliphatic rings. The molecule has 2 rings (SSSR count). The fourth-order valence-corrected chi connectivity index (χ4v) is 2.41. The van der Waals surface area contributed by atoms with Crippen LogP contribution in [0.5, 0.6) is 0 Å². The predicted octanol–water partition coefficient (Wildman–Crippen LogP) is 2.85.